The molecule has 1 aliphatic rings. The third-order valence-corrected chi connectivity index (χ3v) is 4.26. The van der Waals surface area contributed by atoms with Gasteiger partial charge in [0, 0.05) is 6.04 Å². The highest BCUT2D eigenvalue weighted by molar-refractivity contribution is 5.49. The highest BCUT2D eigenvalue weighted by atomic mass is 16.5. The van der Waals surface area contributed by atoms with Crippen LogP contribution in [0.5, 0.6) is 5.88 Å². The molecule has 1 saturated heterocycles. The topological polar surface area (TPSA) is 29.8 Å². The van der Waals surface area contributed by atoms with Crippen molar-refractivity contribution >= 4 is 5.52 Å². The second-order valence-corrected chi connectivity index (χ2v) is 5.79. The quantitative estimate of drug-likeness (QED) is 0.859. The molecule has 0 spiro atoms. The number of pyridine rings is 1. The molecule has 2 aromatic rings. The summed E-state index contributed by atoms with van der Waals surface area (Å²) in [6.45, 7) is 5.70. The van der Waals surface area contributed by atoms with Crippen molar-refractivity contribution in [3.63, 3.8) is 0 Å². The SMILES string of the molecule is COc1cccc2cnc(C3CCCCN3C(C)C)n12. The smallest absolute Gasteiger partial charge is 0.199 e. The van der Waals surface area contributed by atoms with E-state index >= 15 is 0 Å². The fourth-order valence-corrected chi connectivity index (χ4v) is 3.28. The van der Waals surface area contributed by atoms with Crippen molar-refractivity contribution in [2.45, 2.75) is 45.2 Å². The number of hydrogen-bond donors (Lipinski definition) is 0. The van der Waals surface area contributed by atoms with Gasteiger partial charge in [-0.2, -0.15) is 0 Å². The number of ether oxygens (including phenoxy) is 1. The lowest BCUT2D eigenvalue weighted by molar-refractivity contribution is 0.105. The van der Waals surface area contributed by atoms with Crippen LogP contribution in [0.15, 0.2) is 24.4 Å². The molecule has 0 aliphatic carbocycles. The molecule has 3 heterocycles. The average molecular weight is 273 g/mol. The lowest BCUT2D eigenvalue weighted by Crippen LogP contribution is -2.39. The van der Waals surface area contributed by atoms with Crippen LogP contribution in [-0.4, -0.2) is 34.0 Å². The second kappa shape index (κ2) is 5.44. The van der Waals surface area contributed by atoms with Crippen LogP contribution in [-0.2, 0) is 0 Å². The first-order valence-electron chi connectivity index (χ1n) is 7.48. The number of piperidine rings is 1. The maximum Gasteiger partial charge on any atom is 0.199 e. The molecule has 4 nitrogen and oxygen atoms in total. The van der Waals surface area contributed by atoms with Gasteiger partial charge in [0.05, 0.1) is 24.9 Å². The van der Waals surface area contributed by atoms with E-state index in [-0.39, 0.29) is 0 Å². The van der Waals surface area contributed by atoms with E-state index in [2.05, 4.69) is 29.2 Å². The van der Waals surface area contributed by atoms with E-state index in [1.807, 2.05) is 18.3 Å². The molecule has 4 heteroatoms. The fraction of sp³-hybridized carbons (Fsp3) is 0.562. The van der Waals surface area contributed by atoms with Crippen molar-refractivity contribution in [2.75, 3.05) is 13.7 Å². The van der Waals surface area contributed by atoms with E-state index in [1.54, 1.807) is 7.11 Å². The minimum Gasteiger partial charge on any atom is -0.482 e. The number of likely N-dealkylation sites (tertiary alicyclic amines) is 1. The summed E-state index contributed by atoms with van der Waals surface area (Å²) in [6, 6.07) is 7.04. The molecule has 3 rings (SSSR count). The number of fused-ring (bicyclic) bond motifs is 1. The van der Waals surface area contributed by atoms with Crippen LogP contribution in [0.25, 0.3) is 5.52 Å². The lowest BCUT2D eigenvalue weighted by Gasteiger charge is -2.37. The van der Waals surface area contributed by atoms with Crippen LogP contribution in [0, 0.1) is 0 Å². The van der Waals surface area contributed by atoms with Crippen molar-refractivity contribution in [1.82, 2.24) is 14.3 Å². The van der Waals surface area contributed by atoms with E-state index < -0.39 is 0 Å². The molecule has 0 N–H and O–H groups in total. The second-order valence-electron chi connectivity index (χ2n) is 5.79. The molecule has 0 radical (unpaired) electrons. The summed E-state index contributed by atoms with van der Waals surface area (Å²) in [5.41, 5.74) is 1.11. The summed E-state index contributed by atoms with van der Waals surface area (Å²) in [6.07, 6.45) is 5.69. The third-order valence-electron chi connectivity index (χ3n) is 4.26. The lowest BCUT2D eigenvalue weighted by atomic mass is 10.00. The summed E-state index contributed by atoms with van der Waals surface area (Å²) >= 11 is 0. The van der Waals surface area contributed by atoms with Crippen LogP contribution < -0.4 is 4.74 Å². The summed E-state index contributed by atoms with van der Waals surface area (Å²) in [5, 5.41) is 0. The van der Waals surface area contributed by atoms with Crippen molar-refractivity contribution in [1.29, 1.82) is 0 Å². The maximum atomic E-state index is 5.52. The van der Waals surface area contributed by atoms with E-state index in [1.165, 1.54) is 19.3 Å². The normalized spacial score (nSPS) is 20.7. The Labute approximate surface area is 120 Å². The predicted molar refractivity (Wildman–Crippen MR) is 80.2 cm³/mol. The highest BCUT2D eigenvalue weighted by Crippen LogP contribution is 2.33. The molecular weight excluding hydrogens is 250 g/mol. The first-order chi connectivity index (χ1) is 9.72. The van der Waals surface area contributed by atoms with E-state index in [4.69, 9.17) is 9.72 Å². The van der Waals surface area contributed by atoms with Gasteiger partial charge in [0.15, 0.2) is 5.88 Å². The zero-order chi connectivity index (χ0) is 14.1. The van der Waals surface area contributed by atoms with Crippen LogP contribution in [0.1, 0.15) is 45.0 Å². The average Bonchev–Trinajstić information content (AvgIpc) is 2.91. The van der Waals surface area contributed by atoms with Gasteiger partial charge in [0.25, 0.3) is 0 Å². The van der Waals surface area contributed by atoms with Gasteiger partial charge >= 0.3 is 0 Å². The Morgan fingerprint density at radius 3 is 2.90 bits per heavy atom. The Morgan fingerprint density at radius 2 is 2.15 bits per heavy atom. The Morgan fingerprint density at radius 1 is 1.30 bits per heavy atom. The van der Waals surface area contributed by atoms with Gasteiger partial charge in [-0.05, 0) is 45.4 Å². The molecule has 2 aromatic heterocycles. The van der Waals surface area contributed by atoms with Gasteiger partial charge in [-0.1, -0.05) is 12.5 Å². The van der Waals surface area contributed by atoms with Crippen LogP contribution in [0.4, 0.5) is 0 Å². The minimum absolute atomic E-state index is 0.391. The maximum absolute atomic E-state index is 5.52. The van der Waals surface area contributed by atoms with Gasteiger partial charge in [-0.15, -0.1) is 0 Å². The summed E-state index contributed by atoms with van der Waals surface area (Å²) < 4.78 is 7.68. The largest absolute Gasteiger partial charge is 0.482 e. The van der Waals surface area contributed by atoms with Crippen molar-refractivity contribution in [3.05, 3.63) is 30.2 Å². The van der Waals surface area contributed by atoms with Crippen LogP contribution in [0.2, 0.25) is 0 Å². The monoisotopic (exact) mass is 273 g/mol. The van der Waals surface area contributed by atoms with Crippen molar-refractivity contribution in [2.24, 2.45) is 0 Å². The Bertz CT molecular complexity index is 590. The van der Waals surface area contributed by atoms with Gasteiger partial charge < -0.3 is 4.74 Å². The number of aromatic nitrogens is 2. The zero-order valence-corrected chi connectivity index (χ0v) is 12.5. The summed E-state index contributed by atoms with van der Waals surface area (Å²) in [5.74, 6) is 1.98. The summed E-state index contributed by atoms with van der Waals surface area (Å²) in [7, 11) is 1.72. The number of rotatable bonds is 3. The standard InChI is InChI=1S/C16H23N3O/c1-12(2)18-10-5-4-8-14(18)16-17-11-13-7-6-9-15(20-3)19(13)16/h6-7,9,11-12,14H,4-5,8,10H2,1-3H3. The number of hydrogen-bond acceptors (Lipinski definition) is 3. The Hall–Kier alpha value is -1.55. The molecule has 0 aromatic carbocycles. The predicted octanol–water partition coefficient (Wildman–Crippen LogP) is 3.28. The number of imidazole rings is 1. The molecule has 1 atom stereocenters. The molecule has 1 aliphatic heterocycles. The molecule has 20 heavy (non-hydrogen) atoms. The third kappa shape index (κ3) is 2.18. The first-order valence-corrected chi connectivity index (χ1v) is 7.48. The van der Waals surface area contributed by atoms with E-state index in [0.717, 1.165) is 23.8 Å². The van der Waals surface area contributed by atoms with Crippen molar-refractivity contribution in [3.8, 4) is 5.88 Å². The molecular formula is C16H23N3O. The van der Waals surface area contributed by atoms with Gasteiger partial charge in [0.1, 0.15) is 5.82 Å². The first kappa shape index (κ1) is 13.4. The Balaban J connectivity index is 2.08. The molecule has 0 bridgehead atoms. The van der Waals surface area contributed by atoms with Crippen molar-refractivity contribution < 1.29 is 4.74 Å². The zero-order valence-electron chi connectivity index (χ0n) is 12.5. The van der Waals surface area contributed by atoms with Gasteiger partial charge in [-0.25, -0.2) is 4.98 Å². The summed E-state index contributed by atoms with van der Waals surface area (Å²) in [4.78, 5) is 7.26. The van der Waals surface area contributed by atoms with Crippen LogP contribution >= 0.6 is 0 Å². The molecule has 108 valence electrons. The van der Waals surface area contributed by atoms with Gasteiger partial charge in [-0.3, -0.25) is 9.30 Å². The number of nitrogens with zero attached hydrogens (tertiary/aromatic N) is 3. The molecule has 0 saturated carbocycles. The number of methoxy groups -OCH3 is 1. The minimum atomic E-state index is 0.391. The molecule has 0 amide bonds. The van der Waals surface area contributed by atoms with E-state index in [0.29, 0.717) is 12.1 Å². The van der Waals surface area contributed by atoms with E-state index in [9.17, 15) is 0 Å². The fourth-order valence-electron chi connectivity index (χ4n) is 3.28. The molecule has 1 unspecified atom stereocenters. The Kier molecular flexibility index (Phi) is 3.66. The van der Waals surface area contributed by atoms with Crippen LogP contribution in [0.3, 0.4) is 0 Å². The van der Waals surface area contributed by atoms with Gasteiger partial charge in [0.2, 0.25) is 0 Å². The highest BCUT2D eigenvalue weighted by Gasteiger charge is 2.29. The molecule has 1 fully saturated rings.